The summed E-state index contributed by atoms with van der Waals surface area (Å²) in [4.78, 5) is 0. The number of rotatable bonds is 2. The van der Waals surface area contributed by atoms with Crippen LogP contribution in [0.15, 0.2) is 0 Å². The molecular formula is C10H18N2O5S. The van der Waals surface area contributed by atoms with E-state index in [2.05, 4.69) is 4.18 Å². The van der Waals surface area contributed by atoms with Crippen molar-refractivity contribution < 1.29 is 22.8 Å². The highest BCUT2D eigenvalue weighted by atomic mass is 32.2. The predicted octanol–water partition coefficient (Wildman–Crippen LogP) is -0.873. The fourth-order valence-electron chi connectivity index (χ4n) is 1.95. The van der Waals surface area contributed by atoms with Crippen molar-refractivity contribution in [2.45, 2.75) is 38.5 Å². The van der Waals surface area contributed by atoms with Crippen LogP contribution in [0.1, 0.15) is 20.8 Å². The molecule has 0 spiro atoms. The van der Waals surface area contributed by atoms with E-state index in [1.807, 2.05) is 4.72 Å². The first kappa shape index (κ1) is 15.3. The highest BCUT2D eigenvalue weighted by molar-refractivity contribution is 7.84. The van der Waals surface area contributed by atoms with Crippen LogP contribution in [-0.2, 0) is 14.5 Å². The molecule has 8 heteroatoms. The summed E-state index contributed by atoms with van der Waals surface area (Å²) in [5.41, 5.74) is -2.00. The van der Waals surface area contributed by atoms with Crippen molar-refractivity contribution in [2.24, 2.45) is 11.8 Å². The Balaban J connectivity index is 3.32. The normalized spacial score (nSPS) is 37.8. The highest BCUT2D eigenvalue weighted by Gasteiger charge is 2.53. The Morgan fingerprint density at radius 1 is 1.56 bits per heavy atom. The minimum Gasteiger partial charge on any atom is -0.390 e. The van der Waals surface area contributed by atoms with Crippen LogP contribution in [0.4, 0.5) is 0 Å². The van der Waals surface area contributed by atoms with E-state index in [1.54, 1.807) is 26.8 Å². The number of nitrogens with zero attached hydrogens (tertiary/aromatic N) is 1. The van der Waals surface area contributed by atoms with E-state index in [-0.39, 0.29) is 6.61 Å². The fourth-order valence-corrected chi connectivity index (χ4v) is 3.10. The molecule has 0 amide bonds. The van der Waals surface area contributed by atoms with Gasteiger partial charge in [-0.3, -0.25) is 4.18 Å². The quantitative estimate of drug-likeness (QED) is 0.604. The van der Waals surface area contributed by atoms with Crippen LogP contribution in [-0.4, -0.2) is 43.0 Å². The Morgan fingerprint density at radius 3 is 2.56 bits per heavy atom. The smallest absolute Gasteiger partial charge is 0.337 e. The van der Waals surface area contributed by atoms with E-state index in [1.165, 1.54) is 0 Å². The summed E-state index contributed by atoms with van der Waals surface area (Å²) in [6.45, 7) is 4.56. The lowest BCUT2D eigenvalue weighted by atomic mass is 9.78. The Hall–Kier alpha value is -0.720. The van der Waals surface area contributed by atoms with Gasteiger partial charge in [-0.15, -0.1) is 0 Å². The fraction of sp³-hybridized carbons (Fsp3) is 0.900. The zero-order chi connectivity index (χ0) is 14.1. The lowest BCUT2D eigenvalue weighted by Crippen LogP contribution is -2.64. The molecule has 0 aliphatic carbocycles. The first-order chi connectivity index (χ1) is 8.16. The van der Waals surface area contributed by atoms with Crippen LogP contribution < -0.4 is 4.72 Å². The minimum atomic E-state index is -4.18. The van der Waals surface area contributed by atoms with Crippen LogP contribution in [0, 0.1) is 23.2 Å². The topological polar surface area (TPSA) is 120 Å². The van der Waals surface area contributed by atoms with Gasteiger partial charge in [0.1, 0.15) is 0 Å². The Kier molecular flexibility index (Phi) is 4.35. The molecule has 18 heavy (non-hydrogen) atoms. The molecule has 0 aromatic carbocycles. The van der Waals surface area contributed by atoms with Gasteiger partial charge in [-0.1, -0.05) is 20.8 Å². The molecule has 0 aromatic rings. The van der Waals surface area contributed by atoms with E-state index in [4.69, 9.17) is 0 Å². The van der Waals surface area contributed by atoms with E-state index in [9.17, 15) is 23.9 Å². The summed E-state index contributed by atoms with van der Waals surface area (Å²) in [6, 6.07) is 1.70. The van der Waals surface area contributed by atoms with Gasteiger partial charge in [0.2, 0.25) is 0 Å². The van der Waals surface area contributed by atoms with Crippen LogP contribution in [0.2, 0.25) is 0 Å². The summed E-state index contributed by atoms with van der Waals surface area (Å²) in [5.74, 6) is -1.02. The van der Waals surface area contributed by atoms with Gasteiger partial charge in [-0.05, 0) is 5.92 Å². The molecule has 104 valence electrons. The van der Waals surface area contributed by atoms with Crippen molar-refractivity contribution in [3.05, 3.63) is 0 Å². The van der Waals surface area contributed by atoms with Gasteiger partial charge in [0, 0.05) is 5.92 Å². The first-order valence-corrected chi connectivity index (χ1v) is 7.03. The molecule has 1 aliphatic rings. The number of aliphatic hydroxyl groups excluding tert-OH is 2. The predicted molar refractivity (Wildman–Crippen MR) is 62.4 cm³/mol. The zero-order valence-corrected chi connectivity index (χ0v) is 11.3. The van der Waals surface area contributed by atoms with Crippen molar-refractivity contribution in [3.8, 4) is 6.07 Å². The van der Waals surface area contributed by atoms with Gasteiger partial charge in [0.15, 0.2) is 5.54 Å². The number of hydrogen-bond donors (Lipinski definition) is 3. The second-order valence-electron chi connectivity index (χ2n) is 4.93. The molecule has 0 unspecified atom stereocenters. The van der Waals surface area contributed by atoms with Crippen LogP contribution in [0.3, 0.4) is 0 Å². The van der Waals surface area contributed by atoms with Crippen LogP contribution in [0.5, 0.6) is 0 Å². The lowest BCUT2D eigenvalue weighted by Gasteiger charge is -2.37. The third kappa shape index (κ3) is 2.65. The molecule has 0 bridgehead atoms. The molecule has 1 saturated heterocycles. The van der Waals surface area contributed by atoms with Gasteiger partial charge in [-0.25, -0.2) is 0 Å². The van der Waals surface area contributed by atoms with Crippen molar-refractivity contribution >= 4 is 10.3 Å². The molecule has 3 N–H and O–H groups in total. The molecular weight excluding hydrogens is 260 g/mol. The SMILES string of the molecule is CC(C)[C@H](O)[C@]1(C#N)NS(=O)(=O)OC[C@H](C)[C@H]1O. The lowest BCUT2D eigenvalue weighted by molar-refractivity contribution is -0.0338. The van der Waals surface area contributed by atoms with Gasteiger partial charge in [0.25, 0.3) is 0 Å². The van der Waals surface area contributed by atoms with Crippen molar-refractivity contribution in [2.75, 3.05) is 6.61 Å². The largest absolute Gasteiger partial charge is 0.390 e. The molecule has 0 saturated carbocycles. The van der Waals surface area contributed by atoms with Crippen molar-refractivity contribution in [3.63, 3.8) is 0 Å². The molecule has 4 atom stereocenters. The molecule has 0 aromatic heterocycles. The second-order valence-corrected chi connectivity index (χ2v) is 6.28. The average molecular weight is 278 g/mol. The summed E-state index contributed by atoms with van der Waals surface area (Å²) in [7, 11) is -4.18. The maximum absolute atomic E-state index is 11.6. The third-order valence-electron chi connectivity index (χ3n) is 3.07. The van der Waals surface area contributed by atoms with E-state index >= 15 is 0 Å². The van der Waals surface area contributed by atoms with Crippen LogP contribution >= 0.6 is 0 Å². The summed E-state index contributed by atoms with van der Waals surface area (Å²) < 4.78 is 29.7. The minimum absolute atomic E-state index is 0.245. The molecule has 1 rings (SSSR count). The molecule has 0 radical (unpaired) electrons. The molecule has 7 nitrogen and oxygen atoms in total. The van der Waals surface area contributed by atoms with Gasteiger partial charge < -0.3 is 10.2 Å². The standard InChI is InChI=1S/C10H18N2O5S/c1-6(2)8(13)10(5-11)9(14)7(3)4-17-18(15,16)12-10/h6-9,12-14H,4H2,1-3H3/t7-,8-,9+,10-/m0/s1. The number of hydrogen-bond acceptors (Lipinski definition) is 6. The summed E-state index contributed by atoms with van der Waals surface area (Å²) in [5, 5.41) is 29.5. The Bertz CT molecular complexity index is 444. The second kappa shape index (κ2) is 5.11. The van der Waals surface area contributed by atoms with Crippen LogP contribution in [0.25, 0.3) is 0 Å². The maximum Gasteiger partial charge on any atom is 0.337 e. The highest BCUT2D eigenvalue weighted by Crippen LogP contribution is 2.29. The third-order valence-corrected chi connectivity index (χ3v) is 4.10. The van der Waals surface area contributed by atoms with Gasteiger partial charge in [0.05, 0.1) is 24.9 Å². The molecule has 1 fully saturated rings. The van der Waals surface area contributed by atoms with E-state index in [0.29, 0.717) is 0 Å². The number of aliphatic hydroxyl groups is 2. The first-order valence-electron chi connectivity index (χ1n) is 5.62. The van der Waals surface area contributed by atoms with Crippen molar-refractivity contribution in [1.82, 2.24) is 4.72 Å². The van der Waals surface area contributed by atoms with E-state index < -0.39 is 39.9 Å². The monoisotopic (exact) mass is 278 g/mol. The van der Waals surface area contributed by atoms with Crippen molar-refractivity contribution in [1.29, 1.82) is 5.26 Å². The molecule has 1 aliphatic heterocycles. The van der Waals surface area contributed by atoms with Gasteiger partial charge >= 0.3 is 10.3 Å². The summed E-state index contributed by atoms with van der Waals surface area (Å²) in [6.07, 6.45) is -2.71. The van der Waals surface area contributed by atoms with Gasteiger partial charge in [-0.2, -0.15) is 18.4 Å². The maximum atomic E-state index is 11.6. The number of nitriles is 1. The van der Waals surface area contributed by atoms with E-state index in [0.717, 1.165) is 0 Å². The summed E-state index contributed by atoms with van der Waals surface area (Å²) >= 11 is 0. The Morgan fingerprint density at radius 2 is 2.11 bits per heavy atom. The number of nitrogens with one attached hydrogen (secondary N) is 1. The zero-order valence-electron chi connectivity index (χ0n) is 10.5. The Labute approximate surface area is 107 Å². The molecule has 1 heterocycles. The average Bonchev–Trinajstić information content (AvgIpc) is 2.38.